The van der Waals surface area contributed by atoms with Gasteiger partial charge in [-0.15, -0.1) is 11.3 Å². The van der Waals surface area contributed by atoms with Crippen molar-refractivity contribution < 1.29 is 14.3 Å². The fourth-order valence-electron chi connectivity index (χ4n) is 2.24. The molecule has 1 heterocycles. The summed E-state index contributed by atoms with van der Waals surface area (Å²) in [6.45, 7) is 0. The van der Waals surface area contributed by atoms with E-state index in [4.69, 9.17) is 21.7 Å². The monoisotopic (exact) mass is 331 g/mol. The number of hydrogen-bond acceptors (Lipinski definition) is 5. The molecule has 0 aliphatic rings. The highest BCUT2D eigenvalue weighted by atomic mass is 32.1. The lowest BCUT2D eigenvalue weighted by molar-refractivity contribution is 0.103. The lowest BCUT2D eigenvalue weighted by atomic mass is 10.0. The van der Waals surface area contributed by atoms with Crippen molar-refractivity contribution in [3.63, 3.8) is 0 Å². The second kappa shape index (κ2) is 5.90. The number of ketones is 1. The maximum Gasteiger partial charge on any atom is 0.193 e. The Kier molecular flexibility index (Phi) is 3.96. The number of aromatic nitrogens is 1. The molecule has 0 amide bonds. The Balaban J connectivity index is 2.03. The molecule has 3 aromatic rings. The Hall–Kier alpha value is -2.18. The molecule has 22 heavy (non-hydrogen) atoms. The van der Waals surface area contributed by atoms with Gasteiger partial charge in [0.1, 0.15) is 0 Å². The van der Waals surface area contributed by atoms with Crippen molar-refractivity contribution in [1.29, 1.82) is 0 Å². The molecule has 1 N–H and O–H groups in total. The summed E-state index contributed by atoms with van der Waals surface area (Å²) in [5.74, 6) is 1.05. The fraction of sp³-hybridized carbons (Fsp3) is 0.125. The number of fused-ring (bicyclic) bond motifs is 1. The van der Waals surface area contributed by atoms with Crippen molar-refractivity contribution in [2.45, 2.75) is 0 Å². The zero-order valence-electron chi connectivity index (χ0n) is 12.0. The van der Waals surface area contributed by atoms with Crippen LogP contribution in [0.3, 0.4) is 0 Å². The molecule has 0 unspecified atom stereocenters. The summed E-state index contributed by atoms with van der Waals surface area (Å²) in [5.41, 5.74) is 2.02. The van der Waals surface area contributed by atoms with E-state index < -0.39 is 0 Å². The Labute approximate surface area is 136 Å². The summed E-state index contributed by atoms with van der Waals surface area (Å²) in [6, 6.07) is 10.7. The van der Waals surface area contributed by atoms with Crippen LogP contribution in [0.1, 0.15) is 15.9 Å². The normalized spacial score (nSPS) is 10.6. The van der Waals surface area contributed by atoms with E-state index in [0.29, 0.717) is 26.6 Å². The van der Waals surface area contributed by atoms with Gasteiger partial charge < -0.3 is 14.5 Å². The van der Waals surface area contributed by atoms with Gasteiger partial charge in [-0.25, -0.2) is 0 Å². The molecular weight excluding hydrogens is 318 g/mol. The van der Waals surface area contributed by atoms with E-state index in [2.05, 4.69) is 4.98 Å². The molecule has 0 aliphatic carbocycles. The average Bonchev–Trinajstić information content (AvgIpc) is 2.92. The van der Waals surface area contributed by atoms with Crippen LogP contribution >= 0.6 is 23.6 Å². The Morgan fingerprint density at radius 1 is 1.05 bits per heavy atom. The molecule has 3 rings (SSSR count). The summed E-state index contributed by atoms with van der Waals surface area (Å²) in [7, 11) is 3.11. The molecule has 112 valence electrons. The van der Waals surface area contributed by atoms with E-state index in [-0.39, 0.29) is 5.78 Å². The van der Waals surface area contributed by atoms with Crippen LogP contribution in [0.5, 0.6) is 11.5 Å². The van der Waals surface area contributed by atoms with Gasteiger partial charge in [-0.1, -0.05) is 0 Å². The van der Waals surface area contributed by atoms with Crippen LogP contribution in [0.2, 0.25) is 0 Å². The summed E-state index contributed by atoms with van der Waals surface area (Å²) in [5, 5.41) is 0. The van der Waals surface area contributed by atoms with Gasteiger partial charge in [0.2, 0.25) is 0 Å². The summed E-state index contributed by atoms with van der Waals surface area (Å²) in [4.78, 5) is 15.7. The van der Waals surface area contributed by atoms with Crippen molar-refractivity contribution >= 4 is 39.6 Å². The van der Waals surface area contributed by atoms with E-state index in [9.17, 15) is 4.79 Å². The summed E-state index contributed by atoms with van der Waals surface area (Å²) in [6.07, 6.45) is 0. The number of carbonyl (C=O) groups is 1. The Morgan fingerprint density at radius 2 is 1.73 bits per heavy atom. The summed E-state index contributed by atoms with van der Waals surface area (Å²) < 4.78 is 12.2. The molecule has 0 saturated carbocycles. The minimum absolute atomic E-state index is 0.0756. The SMILES string of the molecule is COc1ccc(C(=O)c2ccc3sc(=S)[nH]c3c2)cc1OC. The maximum absolute atomic E-state index is 12.6. The molecule has 0 radical (unpaired) electrons. The highest BCUT2D eigenvalue weighted by Gasteiger charge is 2.13. The molecule has 0 saturated heterocycles. The average molecular weight is 331 g/mol. The molecule has 2 aromatic carbocycles. The van der Waals surface area contributed by atoms with Crippen LogP contribution in [0.25, 0.3) is 10.2 Å². The molecule has 0 bridgehead atoms. The molecule has 1 aromatic heterocycles. The van der Waals surface area contributed by atoms with Gasteiger partial charge in [-0.05, 0) is 48.6 Å². The van der Waals surface area contributed by atoms with Crippen molar-refractivity contribution in [1.82, 2.24) is 4.98 Å². The quantitative estimate of drug-likeness (QED) is 0.575. The van der Waals surface area contributed by atoms with Gasteiger partial charge in [-0.2, -0.15) is 0 Å². The molecule has 4 nitrogen and oxygen atoms in total. The number of aromatic amines is 1. The first kappa shape index (κ1) is 14.7. The summed E-state index contributed by atoms with van der Waals surface area (Å²) >= 11 is 6.61. The molecule has 0 spiro atoms. The lowest BCUT2D eigenvalue weighted by Crippen LogP contribution is -2.02. The topological polar surface area (TPSA) is 51.3 Å². The predicted molar refractivity (Wildman–Crippen MR) is 90.0 cm³/mol. The smallest absolute Gasteiger partial charge is 0.193 e. The van der Waals surface area contributed by atoms with Crippen LogP contribution in [0.15, 0.2) is 36.4 Å². The zero-order chi connectivity index (χ0) is 15.7. The van der Waals surface area contributed by atoms with Crippen molar-refractivity contribution in [3.05, 3.63) is 51.5 Å². The standard InChI is InChI=1S/C16H13NO3S2/c1-19-12-5-3-10(8-13(12)20-2)15(18)9-4-6-14-11(7-9)17-16(21)22-14/h3-8H,1-2H3,(H,17,21). The van der Waals surface area contributed by atoms with E-state index in [1.54, 1.807) is 38.5 Å². The molecule has 0 aliphatic heterocycles. The van der Waals surface area contributed by atoms with E-state index in [0.717, 1.165) is 10.2 Å². The highest BCUT2D eigenvalue weighted by Crippen LogP contribution is 2.29. The van der Waals surface area contributed by atoms with Gasteiger partial charge in [0.15, 0.2) is 21.2 Å². The number of methoxy groups -OCH3 is 2. The van der Waals surface area contributed by atoms with Gasteiger partial charge >= 0.3 is 0 Å². The Morgan fingerprint density at radius 3 is 2.45 bits per heavy atom. The predicted octanol–water partition coefficient (Wildman–Crippen LogP) is 4.21. The number of ether oxygens (including phenoxy) is 2. The first-order valence-electron chi connectivity index (χ1n) is 6.52. The lowest BCUT2D eigenvalue weighted by Gasteiger charge is -2.09. The minimum atomic E-state index is -0.0756. The first-order chi connectivity index (χ1) is 10.6. The minimum Gasteiger partial charge on any atom is -0.493 e. The number of hydrogen-bond donors (Lipinski definition) is 1. The third-order valence-electron chi connectivity index (χ3n) is 3.33. The molecule has 6 heteroatoms. The van der Waals surface area contributed by atoms with Crippen LogP contribution < -0.4 is 9.47 Å². The molecular formula is C16H13NO3S2. The zero-order valence-corrected chi connectivity index (χ0v) is 13.6. The maximum atomic E-state index is 12.6. The van der Waals surface area contributed by atoms with Crippen molar-refractivity contribution in [2.24, 2.45) is 0 Å². The van der Waals surface area contributed by atoms with Crippen LogP contribution in [-0.4, -0.2) is 25.0 Å². The Bertz CT molecular complexity index is 911. The van der Waals surface area contributed by atoms with Gasteiger partial charge in [0, 0.05) is 11.1 Å². The van der Waals surface area contributed by atoms with Gasteiger partial charge in [0.25, 0.3) is 0 Å². The van der Waals surface area contributed by atoms with E-state index in [1.165, 1.54) is 11.3 Å². The number of nitrogens with one attached hydrogen (secondary N) is 1. The van der Waals surface area contributed by atoms with E-state index in [1.807, 2.05) is 12.1 Å². The first-order valence-corrected chi connectivity index (χ1v) is 7.74. The van der Waals surface area contributed by atoms with Crippen LogP contribution in [0.4, 0.5) is 0 Å². The second-order valence-electron chi connectivity index (χ2n) is 4.62. The third-order valence-corrected chi connectivity index (χ3v) is 4.54. The number of H-pyrrole nitrogens is 1. The number of thiazole rings is 1. The number of rotatable bonds is 4. The number of carbonyl (C=O) groups excluding carboxylic acids is 1. The van der Waals surface area contributed by atoms with Crippen molar-refractivity contribution in [2.75, 3.05) is 14.2 Å². The van der Waals surface area contributed by atoms with Gasteiger partial charge in [0.05, 0.1) is 24.4 Å². The second-order valence-corrected chi connectivity index (χ2v) is 6.34. The van der Waals surface area contributed by atoms with Gasteiger partial charge in [-0.3, -0.25) is 4.79 Å². The number of benzene rings is 2. The largest absolute Gasteiger partial charge is 0.493 e. The van der Waals surface area contributed by atoms with Crippen molar-refractivity contribution in [3.8, 4) is 11.5 Å². The highest BCUT2D eigenvalue weighted by molar-refractivity contribution is 7.73. The molecule has 0 fully saturated rings. The van der Waals surface area contributed by atoms with Crippen LogP contribution in [-0.2, 0) is 0 Å². The van der Waals surface area contributed by atoms with Crippen LogP contribution in [0, 0.1) is 3.95 Å². The third kappa shape index (κ3) is 2.63. The van der Waals surface area contributed by atoms with E-state index >= 15 is 0 Å². The fourth-order valence-corrected chi connectivity index (χ4v) is 3.33. The molecule has 0 atom stereocenters.